The summed E-state index contributed by atoms with van der Waals surface area (Å²) >= 11 is 0. The van der Waals surface area contributed by atoms with E-state index in [2.05, 4.69) is 5.32 Å². The van der Waals surface area contributed by atoms with Gasteiger partial charge in [0.2, 0.25) is 5.76 Å². The number of nitrogens with one attached hydrogen (secondary N) is 1. The van der Waals surface area contributed by atoms with Crippen LogP contribution in [0.2, 0.25) is 0 Å². The molecule has 2 N–H and O–H groups in total. The standard InChI is InChI=1S/C11H17NO3/c1-11(2,3)8-5-7(6-12-4)9(15-8)10(13)14/h5,12H,6H2,1-4H3,(H,13,14). The Kier molecular flexibility index (Phi) is 3.19. The molecule has 0 aliphatic carbocycles. The van der Waals surface area contributed by atoms with Gasteiger partial charge in [-0.3, -0.25) is 0 Å². The fourth-order valence-electron chi connectivity index (χ4n) is 1.30. The molecule has 1 aromatic rings. The van der Waals surface area contributed by atoms with Crippen LogP contribution in [0.5, 0.6) is 0 Å². The Hall–Kier alpha value is -1.29. The fraction of sp³-hybridized carbons (Fsp3) is 0.545. The monoisotopic (exact) mass is 211 g/mol. The zero-order chi connectivity index (χ0) is 11.6. The summed E-state index contributed by atoms with van der Waals surface area (Å²) in [5.74, 6) is -0.282. The number of hydrogen-bond acceptors (Lipinski definition) is 3. The van der Waals surface area contributed by atoms with Crippen molar-refractivity contribution in [2.24, 2.45) is 0 Å². The minimum Gasteiger partial charge on any atom is -0.475 e. The van der Waals surface area contributed by atoms with Crippen LogP contribution in [0, 0.1) is 0 Å². The summed E-state index contributed by atoms with van der Waals surface area (Å²) in [4.78, 5) is 10.9. The normalized spacial score (nSPS) is 11.7. The predicted molar refractivity (Wildman–Crippen MR) is 57.1 cm³/mol. The van der Waals surface area contributed by atoms with Gasteiger partial charge >= 0.3 is 5.97 Å². The third-order valence-electron chi connectivity index (χ3n) is 2.11. The Labute approximate surface area is 89.3 Å². The number of carboxylic acids is 1. The molecule has 4 nitrogen and oxygen atoms in total. The Bertz CT molecular complexity index is 360. The van der Waals surface area contributed by atoms with Crippen molar-refractivity contribution in [2.45, 2.75) is 32.7 Å². The van der Waals surface area contributed by atoms with E-state index in [1.807, 2.05) is 20.8 Å². The van der Waals surface area contributed by atoms with E-state index in [4.69, 9.17) is 9.52 Å². The maximum atomic E-state index is 10.9. The van der Waals surface area contributed by atoms with Gasteiger partial charge in [-0.05, 0) is 13.1 Å². The molecule has 0 fully saturated rings. The van der Waals surface area contributed by atoms with E-state index in [0.29, 0.717) is 17.9 Å². The summed E-state index contributed by atoms with van der Waals surface area (Å²) < 4.78 is 5.35. The molecule has 1 rings (SSSR count). The minimum absolute atomic E-state index is 0.0364. The van der Waals surface area contributed by atoms with Crippen molar-refractivity contribution >= 4 is 5.97 Å². The number of aromatic carboxylic acids is 1. The van der Waals surface area contributed by atoms with Gasteiger partial charge in [0.15, 0.2) is 0 Å². The largest absolute Gasteiger partial charge is 0.475 e. The first kappa shape index (κ1) is 11.8. The average molecular weight is 211 g/mol. The number of carbonyl (C=O) groups is 1. The quantitative estimate of drug-likeness (QED) is 0.802. The van der Waals surface area contributed by atoms with Crippen LogP contribution in [0.3, 0.4) is 0 Å². The van der Waals surface area contributed by atoms with Gasteiger partial charge in [0, 0.05) is 17.5 Å². The molecular weight excluding hydrogens is 194 g/mol. The first-order valence-electron chi connectivity index (χ1n) is 4.87. The summed E-state index contributed by atoms with van der Waals surface area (Å²) in [5.41, 5.74) is 0.519. The molecule has 0 amide bonds. The molecule has 0 saturated heterocycles. The maximum absolute atomic E-state index is 10.9. The first-order valence-corrected chi connectivity index (χ1v) is 4.87. The van der Waals surface area contributed by atoms with Crippen LogP contribution in [0.15, 0.2) is 10.5 Å². The van der Waals surface area contributed by atoms with Gasteiger partial charge in [-0.25, -0.2) is 4.79 Å². The predicted octanol–water partition coefficient (Wildman–Crippen LogP) is 1.99. The van der Waals surface area contributed by atoms with Crippen LogP contribution >= 0.6 is 0 Å². The molecule has 0 radical (unpaired) electrons. The van der Waals surface area contributed by atoms with Crippen LogP contribution in [-0.2, 0) is 12.0 Å². The minimum atomic E-state index is -1.02. The average Bonchev–Trinajstić information content (AvgIpc) is 2.48. The van der Waals surface area contributed by atoms with Gasteiger partial charge in [-0.1, -0.05) is 20.8 Å². The highest BCUT2D eigenvalue weighted by Gasteiger charge is 2.24. The SMILES string of the molecule is CNCc1cc(C(C)(C)C)oc1C(=O)O. The van der Waals surface area contributed by atoms with Crippen molar-refractivity contribution in [1.29, 1.82) is 0 Å². The zero-order valence-electron chi connectivity index (χ0n) is 9.55. The first-order chi connectivity index (χ1) is 6.86. The summed E-state index contributed by atoms with van der Waals surface area (Å²) in [7, 11) is 1.77. The number of furan rings is 1. The van der Waals surface area contributed by atoms with Gasteiger partial charge in [0.05, 0.1) is 0 Å². The molecule has 0 atom stereocenters. The van der Waals surface area contributed by atoms with E-state index in [1.54, 1.807) is 13.1 Å². The van der Waals surface area contributed by atoms with Crippen molar-refractivity contribution in [3.05, 3.63) is 23.2 Å². The number of rotatable bonds is 3. The van der Waals surface area contributed by atoms with Gasteiger partial charge in [-0.15, -0.1) is 0 Å². The highest BCUT2D eigenvalue weighted by atomic mass is 16.4. The Morgan fingerprint density at radius 1 is 1.53 bits per heavy atom. The molecule has 1 aromatic heterocycles. The lowest BCUT2D eigenvalue weighted by molar-refractivity contribution is 0.0657. The van der Waals surface area contributed by atoms with Gasteiger partial charge in [0.1, 0.15) is 5.76 Å². The molecule has 1 heterocycles. The molecule has 84 valence electrons. The van der Waals surface area contributed by atoms with Gasteiger partial charge in [0.25, 0.3) is 0 Å². The van der Waals surface area contributed by atoms with Crippen molar-refractivity contribution in [3.8, 4) is 0 Å². The summed E-state index contributed by atoms with van der Waals surface area (Å²) in [6.45, 7) is 6.46. The van der Waals surface area contributed by atoms with E-state index in [1.165, 1.54) is 0 Å². The topological polar surface area (TPSA) is 62.5 Å². The third kappa shape index (κ3) is 2.59. The highest BCUT2D eigenvalue weighted by molar-refractivity contribution is 5.86. The molecule has 0 bridgehead atoms. The van der Waals surface area contributed by atoms with Crippen LogP contribution in [0.25, 0.3) is 0 Å². The number of hydrogen-bond donors (Lipinski definition) is 2. The smallest absolute Gasteiger partial charge is 0.372 e. The van der Waals surface area contributed by atoms with Gasteiger partial charge in [-0.2, -0.15) is 0 Å². The van der Waals surface area contributed by atoms with Crippen LogP contribution in [0.1, 0.15) is 42.6 Å². The Morgan fingerprint density at radius 2 is 2.13 bits per heavy atom. The maximum Gasteiger partial charge on any atom is 0.372 e. The van der Waals surface area contributed by atoms with E-state index in [-0.39, 0.29) is 11.2 Å². The lowest BCUT2D eigenvalue weighted by atomic mass is 9.93. The zero-order valence-corrected chi connectivity index (χ0v) is 9.55. The van der Waals surface area contributed by atoms with Crippen molar-refractivity contribution in [3.63, 3.8) is 0 Å². The second kappa shape index (κ2) is 4.06. The molecule has 0 unspecified atom stereocenters. The molecule has 0 aliphatic rings. The Morgan fingerprint density at radius 3 is 2.53 bits per heavy atom. The van der Waals surface area contributed by atoms with Crippen LogP contribution in [-0.4, -0.2) is 18.1 Å². The third-order valence-corrected chi connectivity index (χ3v) is 2.11. The van der Waals surface area contributed by atoms with Crippen molar-refractivity contribution < 1.29 is 14.3 Å². The van der Waals surface area contributed by atoms with E-state index in [9.17, 15) is 4.79 Å². The van der Waals surface area contributed by atoms with E-state index >= 15 is 0 Å². The Balaban J connectivity index is 3.15. The molecule has 15 heavy (non-hydrogen) atoms. The molecule has 0 aliphatic heterocycles. The molecule has 0 aromatic carbocycles. The molecule has 0 spiro atoms. The molecule has 4 heteroatoms. The lowest BCUT2D eigenvalue weighted by Gasteiger charge is -2.13. The van der Waals surface area contributed by atoms with Crippen LogP contribution < -0.4 is 5.32 Å². The second-order valence-corrected chi connectivity index (χ2v) is 4.55. The summed E-state index contributed by atoms with van der Waals surface area (Å²) in [5, 5.41) is 11.9. The highest BCUT2D eigenvalue weighted by Crippen LogP contribution is 2.27. The lowest BCUT2D eigenvalue weighted by Crippen LogP contribution is -2.09. The van der Waals surface area contributed by atoms with Crippen molar-refractivity contribution in [1.82, 2.24) is 5.32 Å². The van der Waals surface area contributed by atoms with Crippen molar-refractivity contribution in [2.75, 3.05) is 7.05 Å². The van der Waals surface area contributed by atoms with E-state index in [0.717, 1.165) is 0 Å². The fourth-order valence-corrected chi connectivity index (χ4v) is 1.30. The molecule has 0 saturated carbocycles. The summed E-state index contributed by atoms with van der Waals surface area (Å²) in [6, 6.07) is 1.81. The second-order valence-electron chi connectivity index (χ2n) is 4.55. The van der Waals surface area contributed by atoms with Gasteiger partial charge < -0.3 is 14.8 Å². The van der Waals surface area contributed by atoms with E-state index < -0.39 is 5.97 Å². The molecular formula is C11H17NO3. The van der Waals surface area contributed by atoms with Crippen LogP contribution in [0.4, 0.5) is 0 Å². The summed E-state index contributed by atoms with van der Waals surface area (Å²) in [6.07, 6.45) is 0. The number of carboxylic acid groups (broad SMARTS) is 1.